The van der Waals surface area contributed by atoms with Crippen molar-refractivity contribution < 1.29 is 0 Å². The zero-order valence-corrected chi connectivity index (χ0v) is 6.46. The van der Waals surface area contributed by atoms with Crippen molar-refractivity contribution in [1.82, 2.24) is 9.55 Å². The van der Waals surface area contributed by atoms with E-state index in [9.17, 15) is 0 Å². The maximum absolute atomic E-state index is 5.58. The fourth-order valence-corrected chi connectivity index (χ4v) is 1.07. The van der Waals surface area contributed by atoms with Crippen molar-refractivity contribution in [2.45, 2.75) is 26.8 Å². The normalized spacial score (nSPS) is 10.2. The van der Waals surface area contributed by atoms with Gasteiger partial charge in [0.2, 0.25) is 0 Å². The Bertz CT molecular complexity index is 215. The molecule has 1 aromatic heterocycles. The molecule has 0 bridgehead atoms. The Hall–Kier alpha value is -0.990. The van der Waals surface area contributed by atoms with Crippen LogP contribution in [-0.2, 0) is 13.0 Å². The highest BCUT2D eigenvalue weighted by molar-refractivity contribution is 5.22. The van der Waals surface area contributed by atoms with Gasteiger partial charge in [-0.2, -0.15) is 0 Å². The highest BCUT2D eigenvalue weighted by Gasteiger charge is 2.01. The minimum Gasteiger partial charge on any atom is -0.369 e. The van der Waals surface area contributed by atoms with Gasteiger partial charge in [-0.05, 0) is 13.3 Å². The van der Waals surface area contributed by atoms with Crippen LogP contribution in [0.1, 0.15) is 19.5 Å². The second-order valence-electron chi connectivity index (χ2n) is 2.21. The van der Waals surface area contributed by atoms with Crippen LogP contribution < -0.4 is 5.73 Å². The quantitative estimate of drug-likeness (QED) is 0.665. The third-order valence-corrected chi connectivity index (χ3v) is 1.65. The van der Waals surface area contributed by atoms with Gasteiger partial charge < -0.3 is 10.3 Å². The van der Waals surface area contributed by atoms with Crippen molar-refractivity contribution in [2.24, 2.45) is 0 Å². The summed E-state index contributed by atoms with van der Waals surface area (Å²) in [5.74, 6) is 0.624. The molecule has 3 nitrogen and oxygen atoms in total. The zero-order valence-electron chi connectivity index (χ0n) is 6.46. The van der Waals surface area contributed by atoms with E-state index in [4.69, 9.17) is 5.73 Å². The first-order chi connectivity index (χ1) is 4.79. The Kier molecular flexibility index (Phi) is 1.94. The molecule has 3 heteroatoms. The lowest BCUT2D eigenvalue weighted by molar-refractivity contribution is 0.728. The third-order valence-electron chi connectivity index (χ3n) is 1.65. The molecule has 1 rings (SSSR count). The summed E-state index contributed by atoms with van der Waals surface area (Å²) in [6.45, 7) is 5.08. The molecule has 0 amide bonds. The van der Waals surface area contributed by atoms with E-state index in [1.165, 1.54) is 5.69 Å². The van der Waals surface area contributed by atoms with Crippen LogP contribution in [-0.4, -0.2) is 9.55 Å². The molecule has 0 fully saturated rings. The Morgan fingerprint density at radius 1 is 1.60 bits per heavy atom. The molecule has 1 heterocycles. The summed E-state index contributed by atoms with van der Waals surface area (Å²) in [5.41, 5.74) is 6.79. The van der Waals surface area contributed by atoms with Crippen LogP contribution >= 0.6 is 0 Å². The van der Waals surface area contributed by atoms with E-state index in [1.807, 2.05) is 10.8 Å². The molecule has 2 N–H and O–H groups in total. The topological polar surface area (TPSA) is 43.8 Å². The predicted molar refractivity (Wildman–Crippen MR) is 41.7 cm³/mol. The van der Waals surface area contributed by atoms with Gasteiger partial charge in [0.05, 0.1) is 6.20 Å². The van der Waals surface area contributed by atoms with Gasteiger partial charge in [0.1, 0.15) is 0 Å². The minimum absolute atomic E-state index is 0.624. The number of aryl methyl sites for hydroxylation is 1. The van der Waals surface area contributed by atoms with Crippen molar-refractivity contribution in [1.29, 1.82) is 0 Å². The van der Waals surface area contributed by atoms with Crippen LogP contribution in [0.2, 0.25) is 0 Å². The maximum Gasteiger partial charge on any atom is 0.200 e. The second-order valence-corrected chi connectivity index (χ2v) is 2.21. The van der Waals surface area contributed by atoms with Gasteiger partial charge in [0.25, 0.3) is 0 Å². The van der Waals surface area contributed by atoms with Gasteiger partial charge in [0.15, 0.2) is 5.95 Å². The molecule has 0 spiro atoms. The Morgan fingerprint density at radius 3 is 2.70 bits per heavy atom. The summed E-state index contributed by atoms with van der Waals surface area (Å²) in [5, 5.41) is 0. The van der Waals surface area contributed by atoms with Gasteiger partial charge in [0, 0.05) is 12.2 Å². The van der Waals surface area contributed by atoms with Gasteiger partial charge in [-0.1, -0.05) is 6.92 Å². The van der Waals surface area contributed by atoms with E-state index in [1.54, 1.807) is 0 Å². The number of nitrogen functional groups attached to an aromatic ring is 1. The van der Waals surface area contributed by atoms with Crippen LogP contribution in [0, 0.1) is 0 Å². The molecule has 0 radical (unpaired) electrons. The van der Waals surface area contributed by atoms with E-state index >= 15 is 0 Å². The van der Waals surface area contributed by atoms with Crippen LogP contribution in [0.15, 0.2) is 6.20 Å². The lowest BCUT2D eigenvalue weighted by Gasteiger charge is -2.02. The Morgan fingerprint density at radius 2 is 2.30 bits per heavy atom. The molecular weight excluding hydrogens is 126 g/mol. The summed E-state index contributed by atoms with van der Waals surface area (Å²) in [7, 11) is 0. The number of imidazole rings is 1. The van der Waals surface area contributed by atoms with Crippen molar-refractivity contribution in [3.8, 4) is 0 Å². The molecule has 0 aliphatic rings. The first-order valence-electron chi connectivity index (χ1n) is 3.59. The SMILES string of the molecule is CCc1cnc(N)n1CC. The third kappa shape index (κ3) is 0.988. The fourth-order valence-electron chi connectivity index (χ4n) is 1.07. The molecule has 0 saturated carbocycles. The first kappa shape index (κ1) is 7.12. The number of anilines is 1. The highest BCUT2D eigenvalue weighted by atomic mass is 15.1. The van der Waals surface area contributed by atoms with E-state index in [2.05, 4.69) is 18.8 Å². The molecule has 0 atom stereocenters. The summed E-state index contributed by atoms with van der Waals surface area (Å²) in [6, 6.07) is 0. The minimum atomic E-state index is 0.624. The number of nitrogens with two attached hydrogens (primary N) is 1. The molecule has 56 valence electrons. The highest BCUT2D eigenvalue weighted by Crippen LogP contribution is 2.06. The van der Waals surface area contributed by atoms with E-state index < -0.39 is 0 Å². The lowest BCUT2D eigenvalue weighted by atomic mass is 10.4. The van der Waals surface area contributed by atoms with Crippen LogP contribution in [0.3, 0.4) is 0 Å². The average Bonchev–Trinajstić information content (AvgIpc) is 2.30. The molecule has 0 aromatic carbocycles. The summed E-state index contributed by atoms with van der Waals surface area (Å²) in [6.07, 6.45) is 2.83. The molecule has 0 aliphatic heterocycles. The monoisotopic (exact) mass is 139 g/mol. The van der Waals surface area contributed by atoms with Crippen molar-refractivity contribution in [3.63, 3.8) is 0 Å². The number of hydrogen-bond donors (Lipinski definition) is 1. The van der Waals surface area contributed by atoms with Gasteiger partial charge >= 0.3 is 0 Å². The van der Waals surface area contributed by atoms with Gasteiger partial charge in [-0.15, -0.1) is 0 Å². The number of hydrogen-bond acceptors (Lipinski definition) is 2. The molecule has 10 heavy (non-hydrogen) atoms. The van der Waals surface area contributed by atoms with E-state index in [-0.39, 0.29) is 0 Å². The maximum atomic E-state index is 5.58. The smallest absolute Gasteiger partial charge is 0.200 e. The molecule has 0 aliphatic carbocycles. The lowest BCUT2D eigenvalue weighted by Crippen LogP contribution is -2.03. The molecular formula is C7H13N3. The van der Waals surface area contributed by atoms with Crippen molar-refractivity contribution >= 4 is 5.95 Å². The fraction of sp³-hybridized carbons (Fsp3) is 0.571. The number of aromatic nitrogens is 2. The second kappa shape index (κ2) is 2.73. The van der Waals surface area contributed by atoms with E-state index in [0.717, 1.165) is 13.0 Å². The number of rotatable bonds is 2. The van der Waals surface area contributed by atoms with E-state index in [0.29, 0.717) is 5.95 Å². The summed E-state index contributed by atoms with van der Waals surface area (Å²) >= 11 is 0. The Labute approximate surface area is 60.9 Å². The van der Waals surface area contributed by atoms with Gasteiger partial charge in [-0.25, -0.2) is 4.98 Å². The van der Waals surface area contributed by atoms with Crippen molar-refractivity contribution in [3.05, 3.63) is 11.9 Å². The largest absolute Gasteiger partial charge is 0.369 e. The van der Waals surface area contributed by atoms with Gasteiger partial charge in [-0.3, -0.25) is 0 Å². The molecule has 0 saturated heterocycles. The Balaban J connectivity index is 3.01. The molecule has 0 unspecified atom stereocenters. The molecule has 1 aromatic rings. The summed E-state index contributed by atoms with van der Waals surface area (Å²) in [4.78, 5) is 4.00. The summed E-state index contributed by atoms with van der Waals surface area (Å²) < 4.78 is 2.01. The van der Waals surface area contributed by atoms with Crippen LogP contribution in [0.4, 0.5) is 5.95 Å². The van der Waals surface area contributed by atoms with Crippen LogP contribution in [0.25, 0.3) is 0 Å². The van der Waals surface area contributed by atoms with Crippen molar-refractivity contribution in [2.75, 3.05) is 5.73 Å². The van der Waals surface area contributed by atoms with Crippen LogP contribution in [0.5, 0.6) is 0 Å². The first-order valence-corrected chi connectivity index (χ1v) is 3.59. The number of nitrogens with zero attached hydrogens (tertiary/aromatic N) is 2. The zero-order chi connectivity index (χ0) is 7.56. The average molecular weight is 139 g/mol. The standard InChI is InChI=1S/C7H13N3/c1-3-6-5-9-7(8)10(6)4-2/h5H,3-4H2,1-2H3,(H2,8,9). The predicted octanol–water partition coefficient (Wildman–Crippen LogP) is 1.05.